The van der Waals surface area contributed by atoms with E-state index in [1.807, 2.05) is 0 Å². The van der Waals surface area contributed by atoms with Crippen LogP contribution in [0.15, 0.2) is 15.8 Å². The van der Waals surface area contributed by atoms with E-state index in [1.165, 1.54) is 32.1 Å². The average molecular weight is 486 g/mol. The van der Waals surface area contributed by atoms with Crippen LogP contribution >= 0.6 is 7.82 Å². The fourth-order valence-electron chi connectivity index (χ4n) is 3.53. The van der Waals surface area contributed by atoms with E-state index in [0.29, 0.717) is 6.42 Å². The quantitative estimate of drug-likeness (QED) is 0.206. The fourth-order valence-corrected chi connectivity index (χ4v) is 3.86. The summed E-state index contributed by atoms with van der Waals surface area (Å²) >= 11 is 0. The number of aromatic amines is 1. The summed E-state index contributed by atoms with van der Waals surface area (Å²) in [5.74, 6) is 5.61. The monoisotopic (exact) mass is 486 g/mol. The van der Waals surface area contributed by atoms with Crippen molar-refractivity contribution in [2.24, 2.45) is 0 Å². The van der Waals surface area contributed by atoms with Crippen LogP contribution in [0.2, 0.25) is 0 Å². The van der Waals surface area contributed by atoms with Gasteiger partial charge in [-0.1, -0.05) is 63.7 Å². The van der Waals surface area contributed by atoms with E-state index in [2.05, 4.69) is 28.3 Å². The molecule has 0 radical (unpaired) electrons. The molecule has 0 bridgehead atoms. The average Bonchev–Trinajstić information content (AvgIpc) is 3.03. The molecular formula is C21H31N2O9P-2. The number of nitrogens with one attached hydrogen (secondary N) is 1. The van der Waals surface area contributed by atoms with Crippen molar-refractivity contribution >= 4 is 7.82 Å². The molecule has 1 aliphatic heterocycles. The molecule has 0 aromatic carbocycles. The van der Waals surface area contributed by atoms with Gasteiger partial charge < -0.3 is 33.8 Å². The van der Waals surface area contributed by atoms with Crippen molar-refractivity contribution in [1.82, 2.24) is 9.55 Å². The van der Waals surface area contributed by atoms with E-state index >= 15 is 0 Å². The Hall–Kier alpha value is -1.77. The summed E-state index contributed by atoms with van der Waals surface area (Å²) in [6, 6.07) is 0. The smallest absolute Gasteiger partial charge is 0.330 e. The highest BCUT2D eigenvalue weighted by Gasteiger charge is 2.44. The summed E-state index contributed by atoms with van der Waals surface area (Å²) in [7, 11) is -5.32. The molecule has 1 aliphatic rings. The Morgan fingerprint density at radius 3 is 2.39 bits per heavy atom. The van der Waals surface area contributed by atoms with Crippen molar-refractivity contribution in [3.05, 3.63) is 32.6 Å². The van der Waals surface area contributed by atoms with E-state index in [0.717, 1.165) is 30.0 Å². The first-order valence-electron chi connectivity index (χ1n) is 11.2. The van der Waals surface area contributed by atoms with E-state index in [1.54, 1.807) is 0 Å². The Morgan fingerprint density at radius 2 is 1.76 bits per heavy atom. The first-order chi connectivity index (χ1) is 15.6. The van der Waals surface area contributed by atoms with E-state index < -0.39 is 50.2 Å². The van der Waals surface area contributed by atoms with Crippen LogP contribution in [0.3, 0.4) is 0 Å². The lowest BCUT2D eigenvalue weighted by Gasteiger charge is -2.30. The summed E-state index contributed by atoms with van der Waals surface area (Å²) in [6.45, 7) is 1.35. The molecule has 3 N–H and O–H groups in total. The maximum atomic E-state index is 12.2. The molecule has 12 heteroatoms. The standard InChI is InChI=1S/C21H33N2O9P/c1-2-3-4-5-6-7-8-9-10-11-12-15-13-23(21(27)22-19(15)26)20-18(25)17(24)16(32-20)14-31-33(28,29)30/h13,16-18,20,24-25H,2-10,14H2,1H3,(H,22,26,27)(H2,28,29,30)/p-2/t16-,17-,18+,20-/m1/s1. The maximum Gasteiger partial charge on any atom is 0.330 e. The Kier molecular flexibility index (Phi) is 11.0. The van der Waals surface area contributed by atoms with Crippen molar-refractivity contribution in [2.45, 2.75) is 89.3 Å². The Morgan fingerprint density at radius 1 is 1.12 bits per heavy atom. The maximum absolute atomic E-state index is 12.2. The highest BCUT2D eigenvalue weighted by Crippen LogP contribution is 2.32. The first-order valence-corrected chi connectivity index (χ1v) is 12.6. The van der Waals surface area contributed by atoms with Gasteiger partial charge in [0, 0.05) is 12.6 Å². The fraction of sp³-hybridized carbons (Fsp3) is 0.714. The lowest BCUT2D eigenvalue weighted by atomic mass is 10.1. The molecule has 2 heterocycles. The number of hydrogen-bond acceptors (Lipinski definition) is 9. The van der Waals surface area contributed by atoms with Crippen LogP contribution in [0.5, 0.6) is 0 Å². The minimum absolute atomic E-state index is 0.0252. The predicted octanol–water partition coefficient (Wildman–Crippen LogP) is -0.117. The SMILES string of the molecule is CCCCCCCCCCC#Cc1cn([C@@H]2O[C@H](COP(=O)([O-])[O-])[C@@H](O)[C@@H]2O)c(=O)[nH]c1=O. The molecular weight excluding hydrogens is 455 g/mol. The lowest BCUT2D eigenvalue weighted by molar-refractivity contribution is -0.343. The molecule has 4 atom stereocenters. The topological polar surface area (TPSA) is 177 Å². The van der Waals surface area contributed by atoms with Crippen LogP contribution in [0.25, 0.3) is 0 Å². The summed E-state index contributed by atoms with van der Waals surface area (Å²) < 4.78 is 20.9. The minimum atomic E-state index is -5.32. The number of rotatable bonds is 12. The predicted molar refractivity (Wildman–Crippen MR) is 115 cm³/mol. The van der Waals surface area contributed by atoms with Gasteiger partial charge in [0.25, 0.3) is 5.56 Å². The lowest BCUT2D eigenvalue weighted by Crippen LogP contribution is -2.38. The summed E-state index contributed by atoms with van der Waals surface area (Å²) in [6.07, 6.45) is 4.84. The molecule has 1 saturated heterocycles. The number of nitrogens with zero attached hydrogens (tertiary/aromatic N) is 1. The van der Waals surface area contributed by atoms with Crippen LogP contribution < -0.4 is 21.0 Å². The second-order valence-electron chi connectivity index (χ2n) is 8.03. The number of phosphoric ester groups is 1. The minimum Gasteiger partial charge on any atom is -0.790 e. The third kappa shape index (κ3) is 8.83. The van der Waals surface area contributed by atoms with E-state index in [-0.39, 0.29) is 5.56 Å². The van der Waals surface area contributed by atoms with Gasteiger partial charge >= 0.3 is 5.69 Å². The summed E-state index contributed by atoms with van der Waals surface area (Å²) in [5, 5.41) is 20.3. The molecule has 33 heavy (non-hydrogen) atoms. The third-order valence-corrected chi connectivity index (χ3v) is 5.82. The highest BCUT2D eigenvalue weighted by molar-refractivity contribution is 7.43. The van der Waals surface area contributed by atoms with Gasteiger partial charge in [-0.3, -0.25) is 14.3 Å². The summed E-state index contributed by atoms with van der Waals surface area (Å²) in [4.78, 5) is 47.6. The van der Waals surface area contributed by atoms with Gasteiger partial charge in [-0.25, -0.2) is 4.79 Å². The second kappa shape index (κ2) is 13.2. The summed E-state index contributed by atoms with van der Waals surface area (Å²) in [5.41, 5.74) is -1.64. The van der Waals surface area contributed by atoms with Gasteiger partial charge in [-0.15, -0.1) is 0 Å². The Bertz CT molecular complexity index is 974. The number of aromatic nitrogens is 2. The molecule has 1 aromatic rings. The molecule has 0 aliphatic carbocycles. The molecule has 2 rings (SSSR count). The van der Waals surface area contributed by atoms with E-state index in [9.17, 15) is 34.2 Å². The zero-order chi connectivity index (χ0) is 24.4. The van der Waals surface area contributed by atoms with Crippen LogP contribution in [0, 0.1) is 11.8 Å². The Balaban J connectivity index is 1.97. The molecule has 0 amide bonds. The number of aliphatic hydroxyl groups excluding tert-OH is 2. The van der Waals surface area contributed by atoms with E-state index in [4.69, 9.17) is 4.74 Å². The van der Waals surface area contributed by atoms with Crippen molar-refractivity contribution in [2.75, 3.05) is 6.61 Å². The van der Waals surface area contributed by atoms with Gasteiger partial charge in [-0.05, 0) is 6.42 Å². The zero-order valence-electron chi connectivity index (χ0n) is 18.6. The number of phosphoric acid groups is 1. The number of H-pyrrole nitrogens is 1. The Labute approximate surface area is 192 Å². The molecule has 1 aromatic heterocycles. The molecule has 0 unspecified atom stereocenters. The first kappa shape index (κ1) is 27.5. The molecule has 0 spiro atoms. The number of unbranched alkanes of at least 4 members (excludes halogenated alkanes) is 8. The van der Waals surface area contributed by atoms with Gasteiger partial charge in [-0.2, -0.15) is 0 Å². The number of aliphatic hydroxyl groups is 2. The highest BCUT2D eigenvalue weighted by atomic mass is 31.2. The van der Waals surface area contributed by atoms with Crippen molar-refractivity contribution < 1.29 is 33.8 Å². The van der Waals surface area contributed by atoms with Crippen molar-refractivity contribution in [1.29, 1.82) is 0 Å². The van der Waals surface area contributed by atoms with Crippen LogP contribution in [0.1, 0.15) is 76.5 Å². The van der Waals surface area contributed by atoms with Gasteiger partial charge in [0.15, 0.2) is 6.23 Å². The number of ether oxygens (including phenoxy) is 1. The van der Waals surface area contributed by atoms with Crippen LogP contribution in [-0.4, -0.2) is 44.7 Å². The van der Waals surface area contributed by atoms with Crippen molar-refractivity contribution in [3.63, 3.8) is 0 Å². The number of hydrogen-bond donors (Lipinski definition) is 3. The van der Waals surface area contributed by atoms with Crippen LogP contribution in [0.4, 0.5) is 0 Å². The second-order valence-corrected chi connectivity index (χ2v) is 9.18. The molecule has 1 fully saturated rings. The normalized spacial score (nSPS) is 22.8. The van der Waals surface area contributed by atoms with Gasteiger partial charge in [0.05, 0.1) is 14.4 Å². The zero-order valence-corrected chi connectivity index (χ0v) is 19.5. The van der Waals surface area contributed by atoms with Crippen LogP contribution in [-0.2, 0) is 13.8 Å². The molecule has 0 saturated carbocycles. The third-order valence-electron chi connectivity index (χ3n) is 5.35. The van der Waals surface area contributed by atoms with Gasteiger partial charge in [0.2, 0.25) is 0 Å². The van der Waals surface area contributed by atoms with Crippen molar-refractivity contribution in [3.8, 4) is 11.8 Å². The molecule has 186 valence electrons. The largest absolute Gasteiger partial charge is 0.790 e. The molecule has 11 nitrogen and oxygen atoms in total. The van der Waals surface area contributed by atoms with Gasteiger partial charge in [0.1, 0.15) is 23.9 Å².